The van der Waals surface area contributed by atoms with Crippen molar-refractivity contribution in [3.63, 3.8) is 0 Å². The monoisotopic (exact) mass is 299 g/mol. The highest BCUT2D eigenvalue weighted by Gasteiger charge is 2.10. The lowest BCUT2D eigenvalue weighted by atomic mass is 10.3. The number of nitrogens with two attached hydrogens (primary N) is 1. The SMILES string of the molecule is CCOc1nc(N)nc(Nc2c(Cl)cccc2Cl)n1. The molecule has 19 heavy (non-hydrogen) atoms. The largest absolute Gasteiger partial charge is 0.464 e. The molecular weight excluding hydrogens is 289 g/mol. The number of rotatable bonds is 4. The number of hydrogen-bond donors (Lipinski definition) is 2. The van der Waals surface area contributed by atoms with Gasteiger partial charge in [-0.3, -0.25) is 0 Å². The van der Waals surface area contributed by atoms with Crippen molar-refractivity contribution in [1.29, 1.82) is 0 Å². The first kappa shape index (κ1) is 13.6. The quantitative estimate of drug-likeness (QED) is 0.903. The second-order valence-corrected chi connectivity index (χ2v) is 4.27. The fourth-order valence-electron chi connectivity index (χ4n) is 1.35. The zero-order valence-electron chi connectivity index (χ0n) is 10.0. The van der Waals surface area contributed by atoms with Crippen molar-refractivity contribution in [3.05, 3.63) is 28.2 Å². The number of para-hydroxylation sites is 1. The van der Waals surface area contributed by atoms with E-state index in [9.17, 15) is 0 Å². The van der Waals surface area contributed by atoms with E-state index in [-0.39, 0.29) is 17.9 Å². The zero-order valence-corrected chi connectivity index (χ0v) is 11.5. The van der Waals surface area contributed by atoms with Crippen LogP contribution in [0.3, 0.4) is 0 Å². The molecule has 0 aliphatic heterocycles. The smallest absolute Gasteiger partial charge is 0.323 e. The first-order chi connectivity index (χ1) is 9.10. The molecule has 100 valence electrons. The predicted molar refractivity (Wildman–Crippen MR) is 75.2 cm³/mol. The summed E-state index contributed by atoms with van der Waals surface area (Å²) < 4.78 is 5.18. The van der Waals surface area contributed by atoms with Gasteiger partial charge in [-0.05, 0) is 19.1 Å². The van der Waals surface area contributed by atoms with Gasteiger partial charge in [0, 0.05) is 0 Å². The van der Waals surface area contributed by atoms with Crippen molar-refractivity contribution in [1.82, 2.24) is 15.0 Å². The van der Waals surface area contributed by atoms with E-state index >= 15 is 0 Å². The minimum Gasteiger partial charge on any atom is -0.464 e. The van der Waals surface area contributed by atoms with Crippen LogP contribution in [0.5, 0.6) is 6.01 Å². The van der Waals surface area contributed by atoms with Crippen LogP contribution in [0.1, 0.15) is 6.92 Å². The van der Waals surface area contributed by atoms with E-state index in [4.69, 9.17) is 33.7 Å². The highest BCUT2D eigenvalue weighted by atomic mass is 35.5. The Morgan fingerprint density at radius 3 is 2.53 bits per heavy atom. The standard InChI is InChI=1S/C11H11Cl2N5O/c1-2-19-11-17-9(14)16-10(18-11)15-8-6(12)4-3-5-7(8)13/h3-5H,2H2,1H3,(H3,14,15,16,17,18). The Morgan fingerprint density at radius 2 is 1.89 bits per heavy atom. The van der Waals surface area contributed by atoms with Gasteiger partial charge in [-0.25, -0.2) is 0 Å². The van der Waals surface area contributed by atoms with E-state index in [0.717, 1.165) is 0 Å². The van der Waals surface area contributed by atoms with Crippen molar-refractivity contribution in [3.8, 4) is 6.01 Å². The lowest BCUT2D eigenvalue weighted by Gasteiger charge is -2.10. The molecular formula is C11H11Cl2N5O. The summed E-state index contributed by atoms with van der Waals surface area (Å²) in [7, 11) is 0. The molecule has 0 amide bonds. The molecule has 0 aliphatic carbocycles. The topological polar surface area (TPSA) is 86.0 Å². The van der Waals surface area contributed by atoms with E-state index in [1.54, 1.807) is 18.2 Å². The molecule has 0 saturated carbocycles. The van der Waals surface area contributed by atoms with Gasteiger partial charge in [-0.15, -0.1) is 0 Å². The van der Waals surface area contributed by atoms with Crippen LogP contribution < -0.4 is 15.8 Å². The van der Waals surface area contributed by atoms with E-state index in [0.29, 0.717) is 22.3 Å². The molecule has 1 aromatic heterocycles. The third kappa shape index (κ3) is 3.36. The highest BCUT2D eigenvalue weighted by molar-refractivity contribution is 6.39. The average Bonchev–Trinajstić information content (AvgIpc) is 2.34. The molecule has 1 heterocycles. The molecule has 8 heteroatoms. The minimum absolute atomic E-state index is 0.0455. The molecule has 6 nitrogen and oxygen atoms in total. The molecule has 0 saturated heterocycles. The van der Waals surface area contributed by atoms with E-state index in [2.05, 4.69) is 20.3 Å². The summed E-state index contributed by atoms with van der Waals surface area (Å²) in [6, 6.07) is 5.28. The third-order valence-corrected chi connectivity index (χ3v) is 2.74. The zero-order chi connectivity index (χ0) is 13.8. The second-order valence-electron chi connectivity index (χ2n) is 3.45. The number of aromatic nitrogens is 3. The van der Waals surface area contributed by atoms with Gasteiger partial charge in [0.1, 0.15) is 0 Å². The molecule has 0 radical (unpaired) electrons. The highest BCUT2D eigenvalue weighted by Crippen LogP contribution is 2.31. The van der Waals surface area contributed by atoms with Crippen molar-refractivity contribution < 1.29 is 4.74 Å². The molecule has 0 bridgehead atoms. The molecule has 1 aromatic carbocycles. The van der Waals surface area contributed by atoms with Gasteiger partial charge in [-0.2, -0.15) is 15.0 Å². The Kier molecular flexibility index (Phi) is 4.24. The number of anilines is 3. The van der Waals surface area contributed by atoms with Gasteiger partial charge in [0.05, 0.1) is 22.3 Å². The molecule has 0 atom stereocenters. The van der Waals surface area contributed by atoms with Crippen molar-refractivity contribution in [2.24, 2.45) is 0 Å². The summed E-state index contributed by atoms with van der Waals surface area (Å²) in [5.41, 5.74) is 6.07. The maximum atomic E-state index is 6.04. The maximum absolute atomic E-state index is 6.04. The van der Waals surface area contributed by atoms with Gasteiger partial charge >= 0.3 is 6.01 Å². The van der Waals surface area contributed by atoms with Crippen LogP contribution in [0.2, 0.25) is 10.0 Å². The number of ether oxygens (including phenoxy) is 1. The molecule has 3 N–H and O–H groups in total. The summed E-state index contributed by atoms with van der Waals surface area (Å²) >= 11 is 12.1. The van der Waals surface area contributed by atoms with Crippen LogP contribution in [-0.4, -0.2) is 21.6 Å². The summed E-state index contributed by atoms with van der Waals surface area (Å²) in [5.74, 6) is 0.259. The number of benzene rings is 1. The van der Waals surface area contributed by atoms with Crippen molar-refractivity contribution in [2.45, 2.75) is 6.92 Å². The molecule has 2 rings (SSSR count). The summed E-state index contributed by atoms with van der Waals surface area (Å²) in [5, 5.41) is 3.79. The second kappa shape index (κ2) is 5.90. The lowest BCUT2D eigenvalue weighted by Crippen LogP contribution is -2.07. The minimum atomic E-state index is 0.0455. The van der Waals surface area contributed by atoms with Crippen LogP contribution >= 0.6 is 23.2 Å². The van der Waals surface area contributed by atoms with Gasteiger partial charge in [0.25, 0.3) is 0 Å². The van der Waals surface area contributed by atoms with Gasteiger partial charge in [0.2, 0.25) is 11.9 Å². The molecule has 0 aliphatic rings. The Balaban J connectivity index is 2.33. The molecule has 0 fully saturated rings. The van der Waals surface area contributed by atoms with Crippen molar-refractivity contribution >= 4 is 40.8 Å². The Labute approximate surface area is 119 Å². The van der Waals surface area contributed by atoms with E-state index < -0.39 is 0 Å². The molecule has 2 aromatic rings. The fraction of sp³-hybridized carbons (Fsp3) is 0.182. The Hall–Kier alpha value is -1.79. The fourth-order valence-corrected chi connectivity index (χ4v) is 1.84. The summed E-state index contributed by atoms with van der Waals surface area (Å²) in [6.07, 6.45) is 0. The van der Waals surface area contributed by atoms with Gasteiger partial charge in [-0.1, -0.05) is 29.3 Å². The average molecular weight is 300 g/mol. The van der Waals surface area contributed by atoms with Crippen LogP contribution in [0.4, 0.5) is 17.6 Å². The lowest BCUT2D eigenvalue weighted by molar-refractivity contribution is 0.312. The van der Waals surface area contributed by atoms with Crippen LogP contribution in [0.25, 0.3) is 0 Å². The van der Waals surface area contributed by atoms with E-state index in [1.807, 2.05) is 6.92 Å². The number of hydrogen-bond acceptors (Lipinski definition) is 6. The maximum Gasteiger partial charge on any atom is 0.323 e. The number of nitrogens with zero attached hydrogens (tertiary/aromatic N) is 3. The number of halogens is 2. The molecule has 0 unspecified atom stereocenters. The Morgan fingerprint density at radius 1 is 1.21 bits per heavy atom. The first-order valence-corrected chi connectivity index (χ1v) is 6.21. The Bertz CT molecular complexity index is 573. The van der Waals surface area contributed by atoms with Crippen LogP contribution in [0, 0.1) is 0 Å². The van der Waals surface area contributed by atoms with Crippen LogP contribution in [0.15, 0.2) is 18.2 Å². The van der Waals surface area contributed by atoms with Gasteiger partial charge < -0.3 is 15.8 Å². The third-order valence-electron chi connectivity index (χ3n) is 2.11. The van der Waals surface area contributed by atoms with Crippen LogP contribution in [-0.2, 0) is 0 Å². The summed E-state index contributed by atoms with van der Waals surface area (Å²) in [4.78, 5) is 11.8. The normalized spacial score (nSPS) is 10.3. The number of nitrogens with one attached hydrogen (secondary N) is 1. The number of nitrogen functional groups attached to an aromatic ring is 1. The van der Waals surface area contributed by atoms with E-state index in [1.165, 1.54) is 0 Å². The summed E-state index contributed by atoms with van der Waals surface area (Å²) in [6.45, 7) is 2.24. The molecule has 0 spiro atoms. The predicted octanol–water partition coefficient (Wildman–Crippen LogP) is 2.90. The van der Waals surface area contributed by atoms with Crippen molar-refractivity contribution in [2.75, 3.05) is 17.7 Å². The van der Waals surface area contributed by atoms with Gasteiger partial charge in [0.15, 0.2) is 0 Å². The first-order valence-electron chi connectivity index (χ1n) is 5.45.